The van der Waals surface area contributed by atoms with Crippen LogP contribution in [0.5, 0.6) is 0 Å². The lowest BCUT2D eigenvalue weighted by atomic mass is 10.1. The molecule has 0 saturated carbocycles. The molecule has 0 aromatic carbocycles. The standard InChI is InChI=1S/C8H8F3N3O4/c9-8(10,11)6(17)14-4(5(15)16)1-3-2-12-7(18)13-3/h2,4H,1H2,(H,14,17)(H,15,16)(H2,12,13,18)/t4-/m0/s1. The average molecular weight is 267 g/mol. The molecule has 0 saturated heterocycles. The summed E-state index contributed by atoms with van der Waals surface area (Å²) in [6.07, 6.45) is -4.53. The molecule has 1 rings (SSSR count). The van der Waals surface area contributed by atoms with Crippen LogP contribution < -0.4 is 11.0 Å². The van der Waals surface area contributed by atoms with E-state index in [0.29, 0.717) is 0 Å². The Morgan fingerprint density at radius 1 is 1.44 bits per heavy atom. The number of carbonyl (C=O) groups is 2. The number of H-pyrrole nitrogens is 2. The largest absolute Gasteiger partial charge is 0.480 e. The van der Waals surface area contributed by atoms with Crippen LogP contribution in [0.15, 0.2) is 11.0 Å². The summed E-state index contributed by atoms with van der Waals surface area (Å²) in [6.45, 7) is 0. The first-order valence-electron chi connectivity index (χ1n) is 4.57. The number of aromatic amines is 2. The zero-order chi connectivity index (χ0) is 13.9. The van der Waals surface area contributed by atoms with Crippen molar-refractivity contribution in [3.05, 3.63) is 22.4 Å². The third-order valence-electron chi connectivity index (χ3n) is 1.94. The first-order chi connectivity index (χ1) is 8.20. The van der Waals surface area contributed by atoms with Gasteiger partial charge < -0.3 is 20.4 Å². The molecule has 10 heteroatoms. The molecule has 1 aromatic heterocycles. The predicted octanol–water partition coefficient (Wildman–Crippen LogP) is -0.623. The number of aliphatic carboxylic acids is 1. The van der Waals surface area contributed by atoms with Crippen molar-refractivity contribution in [3.63, 3.8) is 0 Å². The van der Waals surface area contributed by atoms with Gasteiger partial charge in [-0.25, -0.2) is 9.59 Å². The molecular weight excluding hydrogens is 259 g/mol. The summed E-state index contributed by atoms with van der Waals surface area (Å²) < 4.78 is 35.8. The van der Waals surface area contributed by atoms with E-state index in [1.54, 1.807) is 0 Å². The highest BCUT2D eigenvalue weighted by atomic mass is 19.4. The Bertz CT molecular complexity index is 504. The zero-order valence-corrected chi connectivity index (χ0v) is 8.67. The molecule has 0 fully saturated rings. The molecule has 100 valence electrons. The van der Waals surface area contributed by atoms with E-state index in [-0.39, 0.29) is 5.69 Å². The van der Waals surface area contributed by atoms with Crippen LogP contribution in [0, 0.1) is 0 Å². The van der Waals surface area contributed by atoms with Gasteiger partial charge in [-0.05, 0) is 0 Å². The average Bonchev–Trinajstić information content (AvgIpc) is 2.61. The minimum atomic E-state index is -5.17. The number of carboxylic acids is 1. The van der Waals surface area contributed by atoms with Crippen LogP contribution >= 0.6 is 0 Å². The molecule has 0 radical (unpaired) electrons. The van der Waals surface area contributed by atoms with Crippen LogP contribution in [0.25, 0.3) is 0 Å². The Labute approximate surface area is 97.0 Å². The lowest BCUT2D eigenvalue weighted by Gasteiger charge is -2.14. The number of halogens is 3. The molecule has 1 heterocycles. The highest BCUT2D eigenvalue weighted by molar-refractivity contribution is 5.87. The Kier molecular flexibility index (Phi) is 3.79. The first kappa shape index (κ1) is 13.8. The number of hydrogen-bond donors (Lipinski definition) is 4. The maximum absolute atomic E-state index is 11.9. The Morgan fingerprint density at radius 3 is 2.44 bits per heavy atom. The Balaban J connectivity index is 2.75. The highest BCUT2D eigenvalue weighted by Gasteiger charge is 2.40. The van der Waals surface area contributed by atoms with Gasteiger partial charge in [0.25, 0.3) is 0 Å². The van der Waals surface area contributed by atoms with E-state index < -0.39 is 36.2 Å². The molecule has 0 aliphatic carbocycles. The molecule has 0 spiro atoms. The summed E-state index contributed by atoms with van der Waals surface area (Å²) in [5.41, 5.74) is -0.564. The van der Waals surface area contributed by atoms with E-state index in [9.17, 15) is 27.6 Å². The molecule has 0 aliphatic heterocycles. The molecule has 1 atom stereocenters. The van der Waals surface area contributed by atoms with Gasteiger partial charge in [0.1, 0.15) is 6.04 Å². The number of nitrogens with one attached hydrogen (secondary N) is 3. The predicted molar refractivity (Wildman–Crippen MR) is 50.7 cm³/mol. The molecule has 0 aliphatic rings. The van der Waals surface area contributed by atoms with Crippen molar-refractivity contribution >= 4 is 11.9 Å². The number of aromatic nitrogens is 2. The number of carbonyl (C=O) groups excluding carboxylic acids is 1. The maximum atomic E-state index is 11.9. The molecule has 1 amide bonds. The number of imidazole rings is 1. The zero-order valence-electron chi connectivity index (χ0n) is 8.67. The number of rotatable bonds is 4. The highest BCUT2D eigenvalue weighted by Crippen LogP contribution is 2.14. The van der Waals surface area contributed by atoms with Gasteiger partial charge in [0, 0.05) is 18.3 Å². The molecule has 0 unspecified atom stereocenters. The van der Waals surface area contributed by atoms with Gasteiger partial charge in [-0.2, -0.15) is 13.2 Å². The van der Waals surface area contributed by atoms with Gasteiger partial charge in [-0.3, -0.25) is 4.79 Å². The molecule has 7 nitrogen and oxygen atoms in total. The number of alkyl halides is 3. The normalized spacial score (nSPS) is 13.1. The van der Waals surface area contributed by atoms with E-state index in [4.69, 9.17) is 5.11 Å². The van der Waals surface area contributed by atoms with Crippen molar-refractivity contribution in [1.29, 1.82) is 0 Å². The fourth-order valence-electron chi connectivity index (χ4n) is 1.14. The smallest absolute Gasteiger partial charge is 0.471 e. The molecule has 18 heavy (non-hydrogen) atoms. The lowest BCUT2D eigenvalue weighted by molar-refractivity contribution is -0.175. The van der Waals surface area contributed by atoms with Crippen molar-refractivity contribution < 1.29 is 27.9 Å². The summed E-state index contributed by atoms with van der Waals surface area (Å²) in [4.78, 5) is 36.3. The Morgan fingerprint density at radius 2 is 2.06 bits per heavy atom. The van der Waals surface area contributed by atoms with Gasteiger partial charge in [0.05, 0.1) is 0 Å². The summed E-state index contributed by atoms with van der Waals surface area (Å²) in [5, 5.41) is 9.99. The summed E-state index contributed by atoms with van der Waals surface area (Å²) in [5.74, 6) is -4.00. The quantitative estimate of drug-likeness (QED) is 0.581. The van der Waals surface area contributed by atoms with E-state index in [1.807, 2.05) is 0 Å². The summed E-state index contributed by atoms with van der Waals surface area (Å²) >= 11 is 0. The number of amides is 1. The van der Waals surface area contributed by atoms with E-state index in [1.165, 1.54) is 5.32 Å². The van der Waals surface area contributed by atoms with Crippen LogP contribution in [-0.4, -0.2) is 39.2 Å². The second-order valence-corrected chi connectivity index (χ2v) is 3.33. The molecule has 4 N–H and O–H groups in total. The number of carboxylic acid groups (broad SMARTS) is 1. The van der Waals surface area contributed by atoms with Crippen LogP contribution in [-0.2, 0) is 16.0 Å². The minimum Gasteiger partial charge on any atom is -0.480 e. The molecular formula is C8H8F3N3O4. The number of hydrogen-bond acceptors (Lipinski definition) is 3. The second-order valence-electron chi connectivity index (χ2n) is 3.33. The fourth-order valence-corrected chi connectivity index (χ4v) is 1.14. The Hall–Kier alpha value is -2.26. The summed E-state index contributed by atoms with van der Waals surface area (Å²) in [7, 11) is 0. The fraction of sp³-hybridized carbons (Fsp3) is 0.375. The minimum absolute atomic E-state index is 0.0647. The van der Waals surface area contributed by atoms with Gasteiger partial charge in [-0.1, -0.05) is 0 Å². The second kappa shape index (κ2) is 4.94. The van der Waals surface area contributed by atoms with Gasteiger partial charge in [-0.15, -0.1) is 0 Å². The SMILES string of the molecule is O=C(O)[C@H](Cc1c[nH]c(=O)[nH]1)NC(=O)C(F)(F)F. The van der Waals surface area contributed by atoms with Crippen LogP contribution in [0.3, 0.4) is 0 Å². The van der Waals surface area contributed by atoms with Crippen LogP contribution in [0.4, 0.5) is 13.2 Å². The maximum Gasteiger partial charge on any atom is 0.471 e. The summed E-state index contributed by atoms with van der Waals surface area (Å²) in [6, 6.07) is -1.79. The topological polar surface area (TPSA) is 115 Å². The lowest BCUT2D eigenvalue weighted by Crippen LogP contribution is -2.48. The monoisotopic (exact) mass is 267 g/mol. The molecule has 1 aromatic rings. The molecule has 0 bridgehead atoms. The van der Waals surface area contributed by atoms with E-state index >= 15 is 0 Å². The van der Waals surface area contributed by atoms with Crippen molar-refractivity contribution in [2.75, 3.05) is 0 Å². The van der Waals surface area contributed by atoms with Gasteiger partial charge in [0.2, 0.25) is 0 Å². The first-order valence-corrected chi connectivity index (χ1v) is 4.57. The van der Waals surface area contributed by atoms with Crippen LogP contribution in [0.1, 0.15) is 5.69 Å². The van der Waals surface area contributed by atoms with Crippen molar-refractivity contribution in [1.82, 2.24) is 15.3 Å². The van der Waals surface area contributed by atoms with Crippen molar-refractivity contribution in [3.8, 4) is 0 Å². The van der Waals surface area contributed by atoms with Gasteiger partial charge in [0.15, 0.2) is 0 Å². The van der Waals surface area contributed by atoms with E-state index in [2.05, 4.69) is 9.97 Å². The van der Waals surface area contributed by atoms with Crippen LogP contribution in [0.2, 0.25) is 0 Å². The van der Waals surface area contributed by atoms with E-state index in [0.717, 1.165) is 6.20 Å². The van der Waals surface area contributed by atoms with Crippen molar-refractivity contribution in [2.45, 2.75) is 18.6 Å². The van der Waals surface area contributed by atoms with Gasteiger partial charge >= 0.3 is 23.7 Å². The van der Waals surface area contributed by atoms with Crippen molar-refractivity contribution in [2.24, 2.45) is 0 Å². The third kappa shape index (κ3) is 3.64. The third-order valence-corrected chi connectivity index (χ3v) is 1.94.